The van der Waals surface area contributed by atoms with Crippen LogP contribution in [0, 0.1) is 11.6 Å². The third-order valence-electron chi connectivity index (χ3n) is 3.98. The summed E-state index contributed by atoms with van der Waals surface area (Å²) in [6, 6.07) is 2.97. The van der Waals surface area contributed by atoms with Crippen LogP contribution in [0.2, 0.25) is 0 Å². The number of rotatable bonds is 3. The SMILES string of the molecule is O=S(=O)(NC1CC2CCC(C1)N2)c1ccc(F)cc1F. The van der Waals surface area contributed by atoms with Crippen LogP contribution in [-0.2, 0) is 10.0 Å². The molecule has 0 saturated carbocycles. The maximum atomic E-state index is 13.6. The smallest absolute Gasteiger partial charge is 0.243 e. The summed E-state index contributed by atoms with van der Waals surface area (Å²) < 4.78 is 53.3. The molecule has 0 aromatic heterocycles. The molecule has 1 aromatic carbocycles. The molecular weight excluding hydrogens is 286 g/mol. The van der Waals surface area contributed by atoms with Gasteiger partial charge in [0.25, 0.3) is 0 Å². The Balaban J connectivity index is 1.78. The van der Waals surface area contributed by atoms with Gasteiger partial charge in [0.05, 0.1) is 0 Å². The molecule has 2 bridgehead atoms. The van der Waals surface area contributed by atoms with Crippen LogP contribution in [-0.4, -0.2) is 26.5 Å². The molecule has 2 fully saturated rings. The molecule has 2 saturated heterocycles. The molecular formula is C13H16F2N2O2S. The van der Waals surface area contributed by atoms with Gasteiger partial charge >= 0.3 is 0 Å². The van der Waals surface area contributed by atoms with Crippen molar-refractivity contribution in [1.29, 1.82) is 0 Å². The fourth-order valence-electron chi connectivity index (χ4n) is 3.13. The van der Waals surface area contributed by atoms with Crippen LogP contribution < -0.4 is 10.0 Å². The summed E-state index contributed by atoms with van der Waals surface area (Å²) in [7, 11) is -3.95. The molecule has 2 atom stereocenters. The molecule has 0 spiro atoms. The fraction of sp³-hybridized carbons (Fsp3) is 0.538. The normalized spacial score (nSPS) is 29.6. The molecule has 2 aliphatic heterocycles. The first-order valence-electron chi connectivity index (χ1n) is 6.67. The van der Waals surface area contributed by atoms with E-state index in [-0.39, 0.29) is 6.04 Å². The van der Waals surface area contributed by atoms with Crippen LogP contribution in [0.5, 0.6) is 0 Å². The highest BCUT2D eigenvalue weighted by molar-refractivity contribution is 7.89. The highest BCUT2D eigenvalue weighted by Gasteiger charge is 2.35. The van der Waals surface area contributed by atoms with Gasteiger partial charge in [-0.2, -0.15) is 0 Å². The molecule has 110 valence electrons. The molecule has 2 N–H and O–H groups in total. The highest BCUT2D eigenvalue weighted by atomic mass is 32.2. The maximum absolute atomic E-state index is 13.6. The monoisotopic (exact) mass is 302 g/mol. The van der Waals surface area contributed by atoms with E-state index in [0.717, 1.165) is 25.0 Å². The third kappa shape index (κ3) is 2.70. The van der Waals surface area contributed by atoms with Crippen molar-refractivity contribution in [3.8, 4) is 0 Å². The Morgan fingerprint density at radius 3 is 2.40 bits per heavy atom. The van der Waals surface area contributed by atoms with Gasteiger partial charge < -0.3 is 5.32 Å². The van der Waals surface area contributed by atoms with Crippen LogP contribution in [0.3, 0.4) is 0 Å². The number of nitrogens with one attached hydrogen (secondary N) is 2. The van der Waals surface area contributed by atoms with Gasteiger partial charge in [-0.15, -0.1) is 0 Å². The number of benzene rings is 1. The average molecular weight is 302 g/mol. The zero-order valence-corrected chi connectivity index (χ0v) is 11.6. The number of halogens is 2. The van der Waals surface area contributed by atoms with Gasteiger partial charge in [-0.3, -0.25) is 0 Å². The zero-order valence-electron chi connectivity index (χ0n) is 10.8. The first-order chi connectivity index (χ1) is 9.44. The van der Waals surface area contributed by atoms with Crippen molar-refractivity contribution in [2.24, 2.45) is 0 Å². The molecule has 4 nitrogen and oxygen atoms in total. The van der Waals surface area contributed by atoms with Gasteiger partial charge in [-0.05, 0) is 37.8 Å². The van der Waals surface area contributed by atoms with E-state index in [4.69, 9.17) is 0 Å². The van der Waals surface area contributed by atoms with Crippen molar-refractivity contribution >= 4 is 10.0 Å². The largest absolute Gasteiger partial charge is 0.311 e. The minimum atomic E-state index is -3.95. The molecule has 0 amide bonds. The lowest BCUT2D eigenvalue weighted by atomic mass is 10.0. The lowest BCUT2D eigenvalue weighted by Gasteiger charge is -2.29. The molecule has 2 aliphatic rings. The van der Waals surface area contributed by atoms with Gasteiger partial charge in [0.1, 0.15) is 16.5 Å². The number of piperidine rings is 1. The summed E-state index contributed by atoms with van der Waals surface area (Å²) >= 11 is 0. The second-order valence-electron chi connectivity index (χ2n) is 5.50. The average Bonchev–Trinajstić information content (AvgIpc) is 2.67. The van der Waals surface area contributed by atoms with E-state index in [1.54, 1.807) is 0 Å². The highest BCUT2D eigenvalue weighted by Crippen LogP contribution is 2.28. The van der Waals surface area contributed by atoms with Crippen molar-refractivity contribution in [3.05, 3.63) is 29.8 Å². The van der Waals surface area contributed by atoms with Crippen LogP contribution in [0.25, 0.3) is 0 Å². The quantitative estimate of drug-likeness (QED) is 0.890. The van der Waals surface area contributed by atoms with Gasteiger partial charge in [0.15, 0.2) is 0 Å². The van der Waals surface area contributed by atoms with Crippen molar-refractivity contribution < 1.29 is 17.2 Å². The Hall–Kier alpha value is -1.05. The lowest BCUT2D eigenvalue weighted by molar-refractivity contribution is 0.345. The first-order valence-corrected chi connectivity index (χ1v) is 8.16. The Kier molecular flexibility index (Phi) is 3.51. The van der Waals surface area contributed by atoms with Crippen molar-refractivity contribution in [1.82, 2.24) is 10.0 Å². The topological polar surface area (TPSA) is 58.2 Å². The Bertz CT molecular complexity index is 609. The number of hydrogen-bond acceptors (Lipinski definition) is 3. The van der Waals surface area contributed by atoms with E-state index in [9.17, 15) is 17.2 Å². The van der Waals surface area contributed by atoms with Crippen LogP contribution in [0.15, 0.2) is 23.1 Å². The minimum Gasteiger partial charge on any atom is -0.311 e. The van der Waals surface area contributed by atoms with Gasteiger partial charge in [0.2, 0.25) is 10.0 Å². The van der Waals surface area contributed by atoms with Crippen LogP contribution in [0.1, 0.15) is 25.7 Å². The Morgan fingerprint density at radius 2 is 1.80 bits per heavy atom. The summed E-state index contributed by atoms with van der Waals surface area (Å²) in [5, 5.41) is 3.41. The van der Waals surface area contributed by atoms with E-state index >= 15 is 0 Å². The number of fused-ring (bicyclic) bond motifs is 2. The summed E-state index contributed by atoms with van der Waals surface area (Å²) in [5.74, 6) is -1.85. The van der Waals surface area contributed by atoms with E-state index in [0.29, 0.717) is 31.0 Å². The molecule has 20 heavy (non-hydrogen) atoms. The Labute approximate surface area is 116 Å². The molecule has 1 aromatic rings. The summed E-state index contributed by atoms with van der Waals surface area (Å²) in [6.45, 7) is 0. The van der Waals surface area contributed by atoms with Gasteiger partial charge in [0, 0.05) is 24.2 Å². The molecule has 2 heterocycles. The second-order valence-corrected chi connectivity index (χ2v) is 7.18. The van der Waals surface area contributed by atoms with E-state index in [1.165, 1.54) is 0 Å². The summed E-state index contributed by atoms with van der Waals surface area (Å²) in [4.78, 5) is -0.496. The zero-order chi connectivity index (χ0) is 14.3. The van der Waals surface area contributed by atoms with E-state index < -0.39 is 26.6 Å². The molecule has 7 heteroatoms. The van der Waals surface area contributed by atoms with Gasteiger partial charge in [-0.1, -0.05) is 0 Å². The third-order valence-corrected chi connectivity index (χ3v) is 5.53. The van der Waals surface area contributed by atoms with Crippen molar-refractivity contribution in [3.63, 3.8) is 0 Å². The minimum absolute atomic E-state index is 0.191. The fourth-order valence-corrected chi connectivity index (χ4v) is 4.45. The predicted molar refractivity (Wildman–Crippen MR) is 69.6 cm³/mol. The predicted octanol–water partition coefficient (Wildman–Crippen LogP) is 1.53. The van der Waals surface area contributed by atoms with E-state index in [2.05, 4.69) is 10.0 Å². The molecule has 3 rings (SSSR count). The molecule has 0 aliphatic carbocycles. The first kappa shape index (κ1) is 13.9. The summed E-state index contributed by atoms with van der Waals surface area (Å²) in [5.41, 5.74) is 0. The standard InChI is InChI=1S/C13H16F2N2O2S/c14-8-1-4-13(12(15)5-8)20(18,19)17-11-6-9-2-3-10(7-11)16-9/h1,4-5,9-11,16-17H,2-3,6-7H2. The van der Waals surface area contributed by atoms with Crippen molar-refractivity contribution in [2.45, 2.75) is 48.7 Å². The molecule has 2 unspecified atom stereocenters. The van der Waals surface area contributed by atoms with Gasteiger partial charge in [-0.25, -0.2) is 21.9 Å². The number of hydrogen-bond donors (Lipinski definition) is 2. The lowest BCUT2D eigenvalue weighted by Crippen LogP contribution is -2.48. The van der Waals surface area contributed by atoms with Crippen molar-refractivity contribution in [2.75, 3.05) is 0 Å². The molecule has 0 radical (unpaired) electrons. The summed E-state index contributed by atoms with van der Waals surface area (Å²) in [6.07, 6.45) is 3.51. The van der Waals surface area contributed by atoms with E-state index in [1.807, 2.05) is 0 Å². The van der Waals surface area contributed by atoms with Crippen LogP contribution >= 0.6 is 0 Å². The van der Waals surface area contributed by atoms with Crippen LogP contribution in [0.4, 0.5) is 8.78 Å². The second kappa shape index (κ2) is 5.05. The number of sulfonamides is 1. The Morgan fingerprint density at radius 1 is 1.15 bits per heavy atom. The maximum Gasteiger partial charge on any atom is 0.243 e.